The Labute approximate surface area is 106 Å². The van der Waals surface area contributed by atoms with Crippen molar-refractivity contribution in [3.05, 3.63) is 28.8 Å². The molecule has 5 heteroatoms. The number of ether oxygens (including phenoxy) is 1. The van der Waals surface area contributed by atoms with Crippen LogP contribution in [0.2, 0.25) is 0 Å². The molecule has 2 N–H and O–H groups in total. The highest BCUT2D eigenvalue weighted by Crippen LogP contribution is 2.22. The van der Waals surface area contributed by atoms with E-state index in [0.29, 0.717) is 0 Å². The molecule has 1 aromatic carbocycles. The van der Waals surface area contributed by atoms with Gasteiger partial charge in [-0.2, -0.15) is 0 Å². The van der Waals surface area contributed by atoms with Gasteiger partial charge < -0.3 is 15.2 Å². The molecule has 0 radical (unpaired) electrons. The third-order valence-corrected chi connectivity index (χ3v) is 2.64. The average molecular weight is 251 g/mol. The van der Waals surface area contributed by atoms with Crippen molar-refractivity contribution in [2.75, 3.05) is 13.7 Å². The van der Waals surface area contributed by atoms with E-state index in [2.05, 4.69) is 5.32 Å². The second-order valence-electron chi connectivity index (χ2n) is 4.10. The van der Waals surface area contributed by atoms with Crippen LogP contribution in [0.25, 0.3) is 0 Å². The van der Waals surface area contributed by atoms with Crippen molar-refractivity contribution in [1.82, 2.24) is 5.32 Å². The van der Waals surface area contributed by atoms with E-state index in [9.17, 15) is 9.59 Å². The number of hydrogen-bond donors (Lipinski definition) is 2. The molecule has 5 nitrogen and oxygen atoms in total. The van der Waals surface area contributed by atoms with Crippen LogP contribution in [0, 0.1) is 13.8 Å². The Hall–Kier alpha value is -2.04. The molecule has 0 saturated heterocycles. The van der Waals surface area contributed by atoms with E-state index in [1.54, 1.807) is 7.11 Å². The molecule has 0 heterocycles. The van der Waals surface area contributed by atoms with Gasteiger partial charge in [0, 0.05) is 0 Å². The molecule has 1 aromatic rings. The van der Waals surface area contributed by atoms with Crippen molar-refractivity contribution in [3.63, 3.8) is 0 Å². The molecule has 0 aliphatic carbocycles. The Morgan fingerprint density at radius 1 is 1.28 bits per heavy atom. The fourth-order valence-corrected chi connectivity index (χ4v) is 1.67. The number of nitrogens with one attached hydrogen (secondary N) is 1. The van der Waals surface area contributed by atoms with Crippen LogP contribution in [-0.4, -0.2) is 30.6 Å². The zero-order valence-corrected chi connectivity index (χ0v) is 10.7. The Balaban J connectivity index is 2.76. The number of benzene rings is 1. The predicted molar refractivity (Wildman–Crippen MR) is 66.8 cm³/mol. The van der Waals surface area contributed by atoms with Gasteiger partial charge in [0.15, 0.2) is 0 Å². The number of rotatable bonds is 5. The molecule has 0 aromatic heterocycles. The Bertz CT molecular complexity index is 468. The normalized spacial score (nSPS) is 9.94. The largest absolute Gasteiger partial charge is 0.496 e. The molecule has 0 aliphatic rings. The molecule has 0 atom stereocenters. The van der Waals surface area contributed by atoms with E-state index in [1.807, 2.05) is 26.0 Å². The first-order valence-electron chi connectivity index (χ1n) is 5.56. The van der Waals surface area contributed by atoms with Crippen LogP contribution in [-0.2, 0) is 16.0 Å². The fraction of sp³-hybridized carbons (Fsp3) is 0.385. The minimum atomic E-state index is -1.05. The number of aryl methyl sites for hydroxylation is 2. The van der Waals surface area contributed by atoms with E-state index in [-0.39, 0.29) is 18.9 Å². The maximum Gasteiger partial charge on any atom is 0.322 e. The molecule has 1 amide bonds. The van der Waals surface area contributed by atoms with E-state index < -0.39 is 5.97 Å². The zero-order chi connectivity index (χ0) is 13.7. The average Bonchev–Trinajstić information content (AvgIpc) is 2.30. The highest BCUT2D eigenvalue weighted by Gasteiger charge is 2.10. The summed E-state index contributed by atoms with van der Waals surface area (Å²) in [5, 5.41) is 10.8. The number of amides is 1. The number of carbonyl (C=O) groups excluding carboxylic acids is 1. The monoisotopic (exact) mass is 251 g/mol. The summed E-state index contributed by atoms with van der Waals surface area (Å²) in [5.41, 5.74) is 2.77. The van der Waals surface area contributed by atoms with E-state index in [1.165, 1.54) is 0 Å². The van der Waals surface area contributed by atoms with Gasteiger partial charge in [-0.1, -0.05) is 6.07 Å². The lowest BCUT2D eigenvalue weighted by molar-refractivity contribution is -0.137. The third-order valence-electron chi connectivity index (χ3n) is 2.64. The summed E-state index contributed by atoms with van der Waals surface area (Å²) in [7, 11) is 1.60. The molecular weight excluding hydrogens is 234 g/mol. The van der Waals surface area contributed by atoms with Gasteiger partial charge in [0.05, 0.1) is 13.5 Å². The molecular formula is C13H17NO4. The third kappa shape index (κ3) is 3.76. The number of aliphatic carboxylic acids is 1. The first kappa shape index (κ1) is 14.0. The van der Waals surface area contributed by atoms with E-state index >= 15 is 0 Å². The number of hydrogen-bond acceptors (Lipinski definition) is 3. The molecule has 0 fully saturated rings. The zero-order valence-electron chi connectivity index (χ0n) is 10.7. The fourth-order valence-electron chi connectivity index (χ4n) is 1.67. The van der Waals surface area contributed by atoms with Crippen LogP contribution >= 0.6 is 0 Å². The quantitative estimate of drug-likeness (QED) is 0.820. The van der Waals surface area contributed by atoms with Gasteiger partial charge in [0.1, 0.15) is 12.3 Å². The summed E-state index contributed by atoms with van der Waals surface area (Å²) in [5.74, 6) is -0.571. The van der Waals surface area contributed by atoms with Gasteiger partial charge >= 0.3 is 5.97 Å². The van der Waals surface area contributed by atoms with Crippen LogP contribution in [0.15, 0.2) is 12.1 Å². The molecule has 0 aliphatic heterocycles. The van der Waals surface area contributed by atoms with Crippen molar-refractivity contribution in [3.8, 4) is 5.75 Å². The van der Waals surface area contributed by atoms with Crippen LogP contribution in [0.4, 0.5) is 0 Å². The van der Waals surface area contributed by atoms with Gasteiger partial charge in [-0.25, -0.2) is 0 Å². The minimum Gasteiger partial charge on any atom is -0.496 e. The summed E-state index contributed by atoms with van der Waals surface area (Å²) < 4.78 is 5.19. The van der Waals surface area contributed by atoms with Crippen molar-refractivity contribution in [2.45, 2.75) is 20.3 Å². The molecule has 0 spiro atoms. The smallest absolute Gasteiger partial charge is 0.322 e. The Kier molecular flexibility index (Phi) is 4.71. The van der Waals surface area contributed by atoms with Gasteiger partial charge in [-0.15, -0.1) is 0 Å². The minimum absolute atomic E-state index is 0.171. The first-order chi connectivity index (χ1) is 8.43. The van der Waals surface area contributed by atoms with Gasteiger partial charge in [-0.3, -0.25) is 9.59 Å². The molecule has 1 rings (SSSR count). The lowest BCUT2D eigenvalue weighted by Gasteiger charge is -2.11. The number of carboxylic acid groups (broad SMARTS) is 1. The maximum atomic E-state index is 11.5. The van der Waals surface area contributed by atoms with Crippen LogP contribution in [0.1, 0.15) is 16.7 Å². The topological polar surface area (TPSA) is 75.6 Å². The molecule has 18 heavy (non-hydrogen) atoms. The maximum absolute atomic E-state index is 11.5. The molecule has 0 saturated carbocycles. The summed E-state index contributed by atoms with van der Waals surface area (Å²) >= 11 is 0. The van der Waals surface area contributed by atoms with Crippen LogP contribution in [0.3, 0.4) is 0 Å². The van der Waals surface area contributed by atoms with Crippen LogP contribution in [0.5, 0.6) is 5.75 Å². The summed E-state index contributed by atoms with van der Waals surface area (Å²) in [4.78, 5) is 21.9. The summed E-state index contributed by atoms with van der Waals surface area (Å²) in [6, 6.07) is 3.75. The number of methoxy groups -OCH3 is 1. The highest BCUT2D eigenvalue weighted by molar-refractivity contribution is 5.83. The standard InChI is InChI=1S/C13H17NO4/c1-8-5-11(18-3)9(2)4-10(8)6-12(15)14-7-13(16)17/h4-5H,6-7H2,1-3H3,(H,14,15)(H,16,17). The number of carbonyl (C=O) groups is 2. The number of carboxylic acids is 1. The van der Waals surface area contributed by atoms with Gasteiger partial charge in [-0.05, 0) is 36.6 Å². The van der Waals surface area contributed by atoms with Gasteiger partial charge in [0.25, 0.3) is 0 Å². The van der Waals surface area contributed by atoms with Crippen molar-refractivity contribution >= 4 is 11.9 Å². The lowest BCUT2D eigenvalue weighted by atomic mass is 10.0. The molecule has 0 unspecified atom stereocenters. The first-order valence-corrected chi connectivity index (χ1v) is 5.56. The second kappa shape index (κ2) is 6.05. The van der Waals surface area contributed by atoms with Crippen LogP contribution < -0.4 is 10.1 Å². The van der Waals surface area contributed by atoms with Crippen molar-refractivity contribution in [2.24, 2.45) is 0 Å². The van der Waals surface area contributed by atoms with Crippen molar-refractivity contribution in [1.29, 1.82) is 0 Å². The van der Waals surface area contributed by atoms with E-state index in [0.717, 1.165) is 22.4 Å². The summed E-state index contributed by atoms with van der Waals surface area (Å²) in [6.45, 7) is 3.44. The Morgan fingerprint density at radius 3 is 2.50 bits per heavy atom. The Morgan fingerprint density at radius 2 is 1.94 bits per heavy atom. The van der Waals surface area contributed by atoms with Gasteiger partial charge in [0.2, 0.25) is 5.91 Å². The predicted octanol–water partition coefficient (Wildman–Crippen LogP) is 1.06. The molecule has 98 valence electrons. The lowest BCUT2D eigenvalue weighted by Crippen LogP contribution is -2.30. The molecule has 0 bridgehead atoms. The van der Waals surface area contributed by atoms with Crippen molar-refractivity contribution < 1.29 is 19.4 Å². The second-order valence-corrected chi connectivity index (χ2v) is 4.10. The SMILES string of the molecule is COc1cc(C)c(CC(=O)NCC(=O)O)cc1C. The summed E-state index contributed by atoms with van der Waals surface area (Å²) in [6.07, 6.45) is 0.171. The van der Waals surface area contributed by atoms with E-state index in [4.69, 9.17) is 9.84 Å². The highest BCUT2D eigenvalue weighted by atomic mass is 16.5.